The number of carbonyl (C=O) groups excluding carboxylic acids is 2. The fourth-order valence-corrected chi connectivity index (χ4v) is 2.90. The van der Waals surface area contributed by atoms with Gasteiger partial charge >= 0.3 is 5.97 Å². The number of carbonyl (C=O) groups is 2. The molecule has 0 saturated carbocycles. The van der Waals surface area contributed by atoms with Crippen LogP contribution in [0.15, 0.2) is 53.4 Å². The minimum Gasteiger partial charge on any atom is -0.452 e. The van der Waals surface area contributed by atoms with E-state index in [0.29, 0.717) is 10.6 Å². The summed E-state index contributed by atoms with van der Waals surface area (Å²) in [7, 11) is -1.31. The van der Waals surface area contributed by atoms with Crippen LogP contribution >= 0.6 is 0 Å². The van der Waals surface area contributed by atoms with Crippen molar-refractivity contribution in [1.29, 1.82) is 0 Å². The van der Waals surface area contributed by atoms with Crippen molar-refractivity contribution in [3.63, 3.8) is 0 Å². The monoisotopic (exact) mass is 349 g/mol. The molecule has 2 aromatic carbocycles. The van der Waals surface area contributed by atoms with Gasteiger partial charge in [-0.3, -0.25) is 9.00 Å². The lowest BCUT2D eigenvalue weighted by Crippen LogP contribution is -2.21. The van der Waals surface area contributed by atoms with Crippen LogP contribution in [0.25, 0.3) is 0 Å². The second kappa shape index (κ2) is 8.35. The van der Waals surface area contributed by atoms with Crippen molar-refractivity contribution < 1.29 is 22.9 Å². The molecule has 5 nitrogen and oxygen atoms in total. The Morgan fingerprint density at radius 2 is 1.92 bits per heavy atom. The van der Waals surface area contributed by atoms with Crippen LogP contribution in [0.2, 0.25) is 0 Å². The predicted molar refractivity (Wildman–Crippen MR) is 88.7 cm³/mol. The number of nitrogens with one attached hydrogen (secondary N) is 1. The van der Waals surface area contributed by atoms with Gasteiger partial charge in [-0.15, -0.1) is 0 Å². The van der Waals surface area contributed by atoms with Gasteiger partial charge in [-0.1, -0.05) is 25.1 Å². The summed E-state index contributed by atoms with van der Waals surface area (Å²) < 4.78 is 29.9. The zero-order chi connectivity index (χ0) is 17.5. The Kier molecular flexibility index (Phi) is 6.20. The molecule has 0 aliphatic heterocycles. The highest BCUT2D eigenvalue weighted by molar-refractivity contribution is 7.85. The Hall–Kier alpha value is -2.54. The Labute approximate surface area is 141 Å². The van der Waals surface area contributed by atoms with Crippen LogP contribution in [0, 0.1) is 5.82 Å². The summed E-state index contributed by atoms with van der Waals surface area (Å²) in [5, 5.41) is 2.42. The molecule has 0 spiro atoms. The quantitative estimate of drug-likeness (QED) is 0.814. The third kappa shape index (κ3) is 4.73. The second-order valence-electron chi connectivity index (χ2n) is 4.77. The fourth-order valence-electron chi connectivity index (χ4n) is 1.96. The highest BCUT2D eigenvalue weighted by Gasteiger charge is 2.17. The lowest BCUT2D eigenvalue weighted by molar-refractivity contribution is -0.119. The van der Waals surface area contributed by atoms with E-state index in [4.69, 9.17) is 4.74 Å². The van der Waals surface area contributed by atoms with Crippen molar-refractivity contribution in [2.24, 2.45) is 0 Å². The van der Waals surface area contributed by atoms with Crippen LogP contribution in [-0.4, -0.2) is 28.4 Å². The summed E-state index contributed by atoms with van der Waals surface area (Å²) in [6.07, 6.45) is 0. The average molecular weight is 349 g/mol. The summed E-state index contributed by atoms with van der Waals surface area (Å²) in [4.78, 5) is 24.2. The maximum atomic E-state index is 13.0. The summed E-state index contributed by atoms with van der Waals surface area (Å²) in [5.74, 6) is -1.45. The van der Waals surface area contributed by atoms with Gasteiger partial charge in [0.05, 0.1) is 21.3 Å². The Bertz CT molecular complexity index is 779. The van der Waals surface area contributed by atoms with Gasteiger partial charge in [0, 0.05) is 11.4 Å². The van der Waals surface area contributed by atoms with Gasteiger partial charge in [0.15, 0.2) is 6.61 Å². The van der Waals surface area contributed by atoms with Crippen LogP contribution in [0.1, 0.15) is 17.3 Å². The molecule has 1 N–H and O–H groups in total. The van der Waals surface area contributed by atoms with Gasteiger partial charge in [-0.2, -0.15) is 0 Å². The number of esters is 1. The summed E-state index contributed by atoms with van der Waals surface area (Å²) in [6, 6.07) is 11.8. The van der Waals surface area contributed by atoms with Crippen LogP contribution in [0.5, 0.6) is 0 Å². The van der Waals surface area contributed by atoms with Crippen LogP contribution < -0.4 is 5.32 Å². The Morgan fingerprint density at radius 3 is 2.62 bits per heavy atom. The molecule has 0 saturated heterocycles. The van der Waals surface area contributed by atoms with E-state index in [2.05, 4.69) is 5.32 Å². The molecule has 0 heterocycles. The van der Waals surface area contributed by atoms with E-state index >= 15 is 0 Å². The molecule has 1 atom stereocenters. The lowest BCUT2D eigenvalue weighted by Gasteiger charge is -2.09. The first kappa shape index (κ1) is 17.8. The molecule has 0 fully saturated rings. The van der Waals surface area contributed by atoms with Crippen LogP contribution in [0.3, 0.4) is 0 Å². The molecule has 126 valence electrons. The van der Waals surface area contributed by atoms with E-state index in [1.165, 1.54) is 24.3 Å². The van der Waals surface area contributed by atoms with E-state index < -0.39 is 35.1 Å². The minimum absolute atomic E-state index is 0.163. The molecule has 0 bridgehead atoms. The van der Waals surface area contributed by atoms with E-state index in [9.17, 15) is 18.2 Å². The van der Waals surface area contributed by atoms with Gasteiger partial charge in [-0.25, -0.2) is 9.18 Å². The number of anilines is 1. The molecule has 0 radical (unpaired) electrons. The minimum atomic E-state index is -1.31. The van der Waals surface area contributed by atoms with Crippen molar-refractivity contribution in [2.75, 3.05) is 17.7 Å². The summed E-state index contributed by atoms with van der Waals surface area (Å²) in [6.45, 7) is 1.22. The van der Waals surface area contributed by atoms with E-state index in [0.717, 1.165) is 6.07 Å². The largest absolute Gasteiger partial charge is 0.452 e. The predicted octanol–water partition coefficient (Wildman–Crippen LogP) is 2.75. The molecule has 2 rings (SSSR count). The maximum Gasteiger partial charge on any atom is 0.339 e. The smallest absolute Gasteiger partial charge is 0.339 e. The molecular weight excluding hydrogens is 333 g/mol. The maximum absolute atomic E-state index is 13.0. The highest BCUT2D eigenvalue weighted by Crippen LogP contribution is 2.15. The molecule has 1 amide bonds. The number of halogens is 1. The molecule has 2 aromatic rings. The van der Waals surface area contributed by atoms with Crippen LogP contribution in [0.4, 0.5) is 10.1 Å². The molecule has 0 aliphatic carbocycles. The number of ether oxygens (including phenoxy) is 1. The third-order valence-electron chi connectivity index (χ3n) is 3.06. The first-order chi connectivity index (χ1) is 11.5. The molecular formula is C17H16FNO4S. The molecule has 0 unspecified atom stereocenters. The van der Waals surface area contributed by atoms with Gasteiger partial charge in [0.25, 0.3) is 5.91 Å². The second-order valence-corrected chi connectivity index (χ2v) is 6.47. The number of amides is 1. The first-order valence-electron chi connectivity index (χ1n) is 7.21. The summed E-state index contributed by atoms with van der Waals surface area (Å²) >= 11 is 0. The first-order valence-corrected chi connectivity index (χ1v) is 8.53. The standard InChI is InChI=1S/C17H16FNO4S/c1-2-24(22)15-9-4-3-8-14(15)17(21)23-11-16(20)19-13-7-5-6-12(18)10-13/h3-10H,2,11H2,1H3,(H,19,20)/t24-/m1/s1. The average Bonchev–Trinajstić information content (AvgIpc) is 2.59. The lowest BCUT2D eigenvalue weighted by atomic mass is 10.2. The van der Waals surface area contributed by atoms with Gasteiger partial charge in [0.2, 0.25) is 0 Å². The van der Waals surface area contributed by atoms with E-state index in [1.54, 1.807) is 25.1 Å². The van der Waals surface area contributed by atoms with Gasteiger partial charge in [0.1, 0.15) is 5.82 Å². The Morgan fingerprint density at radius 1 is 1.17 bits per heavy atom. The highest BCUT2D eigenvalue weighted by atomic mass is 32.2. The topological polar surface area (TPSA) is 72.5 Å². The van der Waals surface area contributed by atoms with Crippen molar-refractivity contribution in [2.45, 2.75) is 11.8 Å². The molecule has 0 aromatic heterocycles. The van der Waals surface area contributed by atoms with Crippen molar-refractivity contribution >= 4 is 28.4 Å². The Balaban J connectivity index is 1.98. The van der Waals surface area contributed by atoms with E-state index in [-0.39, 0.29) is 11.3 Å². The van der Waals surface area contributed by atoms with E-state index in [1.807, 2.05) is 0 Å². The summed E-state index contributed by atoms with van der Waals surface area (Å²) in [5.41, 5.74) is 0.430. The SMILES string of the molecule is CC[S@@](=O)c1ccccc1C(=O)OCC(=O)Nc1cccc(F)c1. The van der Waals surface area contributed by atoms with Crippen molar-refractivity contribution in [1.82, 2.24) is 0 Å². The third-order valence-corrected chi connectivity index (χ3v) is 4.43. The van der Waals surface area contributed by atoms with Gasteiger partial charge in [-0.05, 0) is 30.3 Å². The van der Waals surface area contributed by atoms with Gasteiger partial charge < -0.3 is 10.1 Å². The van der Waals surface area contributed by atoms with Crippen molar-refractivity contribution in [3.8, 4) is 0 Å². The van der Waals surface area contributed by atoms with Crippen molar-refractivity contribution in [3.05, 3.63) is 59.9 Å². The number of hydrogen-bond acceptors (Lipinski definition) is 4. The number of rotatable bonds is 6. The van der Waals surface area contributed by atoms with Crippen LogP contribution in [-0.2, 0) is 20.3 Å². The number of hydrogen-bond donors (Lipinski definition) is 1. The normalized spacial score (nSPS) is 11.6. The molecule has 0 aliphatic rings. The molecule has 7 heteroatoms. The number of benzene rings is 2. The zero-order valence-electron chi connectivity index (χ0n) is 13.0. The molecule has 24 heavy (non-hydrogen) atoms. The fraction of sp³-hybridized carbons (Fsp3) is 0.176. The zero-order valence-corrected chi connectivity index (χ0v) is 13.8.